The van der Waals surface area contributed by atoms with E-state index >= 15 is 0 Å². The zero-order valence-corrected chi connectivity index (χ0v) is 16.1. The number of carbonyl (C=O) groups is 2. The lowest BCUT2D eigenvalue weighted by atomic mass is 10.2. The molecule has 0 aliphatic carbocycles. The summed E-state index contributed by atoms with van der Waals surface area (Å²) in [6.45, 7) is 1.80. The Labute approximate surface area is 165 Å². The highest BCUT2D eigenvalue weighted by Crippen LogP contribution is 2.31. The quantitative estimate of drug-likeness (QED) is 0.334. The second-order valence-electron chi connectivity index (χ2n) is 5.96. The Morgan fingerprint density at radius 2 is 1.90 bits per heavy atom. The van der Waals surface area contributed by atoms with E-state index in [1.54, 1.807) is 4.98 Å². The van der Waals surface area contributed by atoms with Crippen LogP contribution in [0.25, 0.3) is 0 Å². The lowest BCUT2D eigenvalue weighted by Gasteiger charge is -2.17. The fourth-order valence-electron chi connectivity index (χ4n) is 2.46. The van der Waals surface area contributed by atoms with E-state index in [0.29, 0.717) is 10.8 Å². The van der Waals surface area contributed by atoms with E-state index in [0.717, 1.165) is 13.8 Å². The van der Waals surface area contributed by atoms with Crippen molar-refractivity contribution in [2.45, 2.75) is 44.2 Å². The summed E-state index contributed by atoms with van der Waals surface area (Å²) in [6.07, 6.45) is -3.22. The van der Waals surface area contributed by atoms with Gasteiger partial charge in [-0.25, -0.2) is 4.79 Å². The van der Waals surface area contributed by atoms with Gasteiger partial charge in [0.15, 0.2) is 0 Å². The summed E-state index contributed by atoms with van der Waals surface area (Å²) in [5.41, 5.74) is -8.52. The second kappa shape index (κ2) is 8.47. The predicted molar refractivity (Wildman–Crippen MR) is 87.6 cm³/mol. The Hall–Kier alpha value is -2.88. The van der Waals surface area contributed by atoms with Gasteiger partial charge in [-0.1, -0.05) is 0 Å². The molecular formula is C14H15F3N2O10S. The molecule has 0 spiro atoms. The number of nitrogens with one attached hydrogen (secondary N) is 1. The van der Waals surface area contributed by atoms with Gasteiger partial charge in [-0.2, -0.15) is 21.6 Å². The minimum absolute atomic E-state index is 0.233. The zero-order valence-electron chi connectivity index (χ0n) is 15.3. The van der Waals surface area contributed by atoms with Crippen LogP contribution < -0.4 is 15.4 Å². The van der Waals surface area contributed by atoms with Crippen molar-refractivity contribution in [3.8, 4) is 5.75 Å². The summed E-state index contributed by atoms with van der Waals surface area (Å²) in [5, 5.41) is 0. The third-order valence-corrected chi connectivity index (χ3v) is 4.64. The van der Waals surface area contributed by atoms with Gasteiger partial charge in [0, 0.05) is 20.3 Å². The van der Waals surface area contributed by atoms with Crippen molar-refractivity contribution in [1.29, 1.82) is 0 Å². The Morgan fingerprint density at radius 1 is 1.27 bits per heavy atom. The molecule has 1 N–H and O–H groups in total. The monoisotopic (exact) mass is 460 g/mol. The van der Waals surface area contributed by atoms with E-state index in [4.69, 9.17) is 14.2 Å². The Kier molecular flexibility index (Phi) is 6.60. The van der Waals surface area contributed by atoms with E-state index in [9.17, 15) is 40.8 Å². The molecule has 3 atom stereocenters. The van der Waals surface area contributed by atoms with Crippen LogP contribution in [0.2, 0.25) is 0 Å². The van der Waals surface area contributed by atoms with Crippen molar-refractivity contribution in [3.05, 3.63) is 27.0 Å². The van der Waals surface area contributed by atoms with Gasteiger partial charge in [0.2, 0.25) is 5.75 Å². The average Bonchev–Trinajstić information content (AvgIpc) is 2.96. The maximum Gasteiger partial charge on any atom is 0.534 e. The molecule has 1 aliphatic rings. The van der Waals surface area contributed by atoms with Gasteiger partial charge in [0.1, 0.15) is 25.0 Å². The van der Waals surface area contributed by atoms with Crippen LogP contribution in [0, 0.1) is 0 Å². The maximum atomic E-state index is 12.5. The number of H-pyrrole nitrogens is 1. The topological polar surface area (TPSA) is 160 Å². The third-order valence-electron chi connectivity index (χ3n) is 3.68. The molecule has 0 unspecified atom stereocenters. The van der Waals surface area contributed by atoms with Crippen molar-refractivity contribution in [3.63, 3.8) is 0 Å². The van der Waals surface area contributed by atoms with Crippen LogP contribution in [0.1, 0.15) is 26.5 Å². The summed E-state index contributed by atoms with van der Waals surface area (Å²) < 4.78 is 79.3. The highest BCUT2D eigenvalue weighted by atomic mass is 32.2. The van der Waals surface area contributed by atoms with Gasteiger partial charge in [0.25, 0.3) is 5.56 Å². The Morgan fingerprint density at radius 3 is 2.43 bits per heavy atom. The number of alkyl halides is 3. The van der Waals surface area contributed by atoms with Crippen molar-refractivity contribution in [2.75, 3.05) is 6.61 Å². The molecule has 0 saturated carbocycles. The first-order chi connectivity index (χ1) is 13.7. The van der Waals surface area contributed by atoms with E-state index < -0.39 is 63.0 Å². The SMILES string of the molecule is CC(=O)OC[C@H]1O[C@@H](n2cc(OS(=O)(=O)C(F)(F)F)c(=O)[nH]c2=O)C[C@@H]1OC(C)=O. The van der Waals surface area contributed by atoms with Crippen LogP contribution in [0.3, 0.4) is 0 Å². The molecule has 1 fully saturated rings. The van der Waals surface area contributed by atoms with E-state index in [-0.39, 0.29) is 13.0 Å². The number of halogens is 3. The lowest BCUT2D eigenvalue weighted by Crippen LogP contribution is -2.36. The summed E-state index contributed by atoms with van der Waals surface area (Å²) in [4.78, 5) is 47.6. The van der Waals surface area contributed by atoms with Crippen molar-refractivity contribution in [1.82, 2.24) is 9.55 Å². The maximum absolute atomic E-state index is 12.5. The van der Waals surface area contributed by atoms with Gasteiger partial charge < -0.3 is 18.4 Å². The number of ether oxygens (including phenoxy) is 3. The van der Waals surface area contributed by atoms with E-state index in [1.807, 2.05) is 0 Å². The summed E-state index contributed by atoms with van der Waals surface area (Å²) in [6, 6.07) is 0. The van der Waals surface area contributed by atoms with Crippen LogP contribution in [0.4, 0.5) is 13.2 Å². The molecule has 1 saturated heterocycles. The number of rotatable bonds is 6. The van der Waals surface area contributed by atoms with E-state index in [1.165, 1.54) is 0 Å². The number of hydrogen-bond acceptors (Lipinski definition) is 10. The number of hydrogen-bond donors (Lipinski definition) is 1. The number of esters is 2. The molecule has 1 aliphatic heterocycles. The van der Waals surface area contributed by atoms with Crippen LogP contribution in [0.5, 0.6) is 5.75 Å². The molecular weight excluding hydrogens is 445 g/mol. The molecule has 0 aromatic carbocycles. The second-order valence-corrected chi connectivity index (χ2v) is 7.50. The third kappa shape index (κ3) is 5.38. The molecule has 30 heavy (non-hydrogen) atoms. The standard InChI is InChI=1S/C14H15F3N2O10S/c1-6(20)26-5-10-8(27-7(2)21)3-11(28-10)19-4-9(12(22)18-13(19)23)29-30(24,25)14(15,16)17/h4,8,10-11H,3,5H2,1-2H3,(H,18,22,23)/t8-,10+,11+/m0/s1. The Bertz CT molecular complexity index is 1050. The molecule has 1 aromatic heterocycles. The molecule has 168 valence electrons. The molecule has 0 bridgehead atoms. The van der Waals surface area contributed by atoms with Crippen LogP contribution in [-0.4, -0.2) is 54.2 Å². The summed E-state index contributed by atoms with van der Waals surface area (Å²) >= 11 is 0. The fourth-order valence-corrected chi connectivity index (χ4v) is 2.91. The van der Waals surface area contributed by atoms with Gasteiger partial charge in [-0.05, 0) is 0 Å². The molecule has 1 aromatic rings. The van der Waals surface area contributed by atoms with Crippen molar-refractivity contribution < 1.29 is 49.6 Å². The predicted octanol–water partition coefficient (Wildman–Crippen LogP) is -0.453. The molecule has 0 amide bonds. The average molecular weight is 460 g/mol. The first-order valence-electron chi connectivity index (χ1n) is 8.03. The largest absolute Gasteiger partial charge is 0.534 e. The van der Waals surface area contributed by atoms with Gasteiger partial charge in [-0.15, -0.1) is 0 Å². The van der Waals surface area contributed by atoms with Gasteiger partial charge >= 0.3 is 33.3 Å². The van der Waals surface area contributed by atoms with Gasteiger partial charge in [0.05, 0.1) is 6.20 Å². The van der Waals surface area contributed by atoms with Crippen molar-refractivity contribution >= 4 is 22.1 Å². The fraction of sp³-hybridized carbons (Fsp3) is 0.571. The zero-order chi connectivity index (χ0) is 22.9. The normalized spacial score (nSPS) is 21.8. The Balaban J connectivity index is 2.36. The molecule has 2 heterocycles. The smallest absolute Gasteiger partial charge is 0.463 e. The summed E-state index contributed by atoms with van der Waals surface area (Å²) in [7, 11) is -6.19. The highest BCUT2D eigenvalue weighted by molar-refractivity contribution is 7.87. The van der Waals surface area contributed by atoms with Crippen LogP contribution in [-0.2, 0) is 33.9 Å². The van der Waals surface area contributed by atoms with Gasteiger partial charge in [-0.3, -0.25) is 23.9 Å². The van der Waals surface area contributed by atoms with Crippen LogP contribution in [0.15, 0.2) is 15.8 Å². The minimum Gasteiger partial charge on any atom is -0.463 e. The summed E-state index contributed by atoms with van der Waals surface area (Å²) in [5.74, 6) is -2.76. The first-order valence-corrected chi connectivity index (χ1v) is 9.44. The first kappa shape index (κ1) is 23.4. The van der Waals surface area contributed by atoms with Crippen molar-refractivity contribution in [2.24, 2.45) is 0 Å². The highest BCUT2D eigenvalue weighted by Gasteiger charge is 2.49. The lowest BCUT2D eigenvalue weighted by molar-refractivity contribution is -0.155. The molecule has 0 radical (unpaired) electrons. The molecule has 16 heteroatoms. The molecule has 2 rings (SSSR count). The number of aromatic nitrogens is 2. The molecule has 12 nitrogen and oxygen atoms in total. The number of aromatic amines is 1. The minimum atomic E-state index is -6.19. The number of carbonyl (C=O) groups excluding carboxylic acids is 2. The number of nitrogens with zero attached hydrogens (tertiary/aromatic N) is 1. The van der Waals surface area contributed by atoms with Crippen LogP contribution >= 0.6 is 0 Å². The van der Waals surface area contributed by atoms with E-state index in [2.05, 4.69) is 4.18 Å².